The van der Waals surface area contributed by atoms with Crippen LogP contribution >= 0.6 is 35.0 Å². The Balaban J connectivity index is 1.95. The second-order valence-electron chi connectivity index (χ2n) is 4.02. The molecule has 1 aliphatic rings. The number of carbonyl (C=O) groups is 1. The minimum atomic E-state index is -0.248. The second kappa shape index (κ2) is 6.50. The molecule has 1 heterocycles. The summed E-state index contributed by atoms with van der Waals surface area (Å²) in [5.41, 5.74) is 0.594. The highest BCUT2D eigenvalue weighted by molar-refractivity contribution is 8.14. The van der Waals surface area contributed by atoms with Crippen LogP contribution in [0.25, 0.3) is 0 Å². The molecule has 0 bridgehead atoms. The summed E-state index contributed by atoms with van der Waals surface area (Å²) in [6.07, 6.45) is 0. The molecular formula is C12H13Cl2N3OS. The van der Waals surface area contributed by atoms with E-state index in [2.05, 4.69) is 15.6 Å². The molecule has 7 heteroatoms. The van der Waals surface area contributed by atoms with E-state index in [1.165, 1.54) is 11.8 Å². The molecule has 1 aromatic carbocycles. The first kappa shape index (κ1) is 14.5. The number of nitrogens with zero attached hydrogens (tertiary/aromatic N) is 1. The number of anilines is 1. The van der Waals surface area contributed by atoms with Gasteiger partial charge in [0.25, 0.3) is 0 Å². The third-order valence-electron chi connectivity index (χ3n) is 2.43. The number of hydrogen-bond acceptors (Lipinski definition) is 4. The quantitative estimate of drug-likeness (QED) is 0.901. The summed E-state index contributed by atoms with van der Waals surface area (Å²) in [6.45, 7) is 3.43. The van der Waals surface area contributed by atoms with Gasteiger partial charge in [-0.05, 0) is 25.1 Å². The monoisotopic (exact) mass is 317 g/mol. The van der Waals surface area contributed by atoms with Gasteiger partial charge >= 0.3 is 0 Å². The Morgan fingerprint density at radius 3 is 2.68 bits per heavy atom. The first-order valence-electron chi connectivity index (χ1n) is 5.76. The summed E-state index contributed by atoms with van der Waals surface area (Å²) >= 11 is 13.2. The molecule has 4 nitrogen and oxygen atoms in total. The lowest BCUT2D eigenvalue weighted by Crippen LogP contribution is -2.26. The first-order valence-corrected chi connectivity index (χ1v) is 7.40. The summed E-state index contributed by atoms with van der Waals surface area (Å²) in [7, 11) is 0. The number of thioether (sulfide) groups is 1. The van der Waals surface area contributed by atoms with Crippen molar-refractivity contribution in [3.05, 3.63) is 28.2 Å². The summed E-state index contributed by atoms with van der Waals surface area (Å²) in [4.78, 5) is 16.3. The third kappa shape index (κ3) is 4.30. The van der Waals surface area contributed by atoms with Crippen molar-refractivity contribution in [3.63, 3.8) is 0 Å². The van der Waals surface area contributed by atoms with Gasteiger partial charge in [-0.3, -0.25) is 9.79 Å². The molecule has 0 spiro atoms. The Bertz CT molecular complexity index is 501. The van der Waals surface area contributed by atoms with Crippen molar-refractivity contribution < 1.29 is 4.79 Å². The molecule has 0 saturated carbocycles. The Labute approximate surface area is 126 Å². The van der Waals surface area contributed by atoms with E-state index in [9.17, 15) is 4.79 Å². The average Bonchev–Trinajstić information content (AvgIpc) is 2.80. The van der Waals surface area contributed by atoms with Crippen LogP contribution in [0.1, 0.15) is 6.92 Å². The van der Waals surface area contributed by atoms with Gasteiger partial charge in [0.05, 0.1) is 11.8 Å². The smallest absolute Gasteiger partial charge is 0.237 e. The molecule has 0 radical (unpaired) electrons. The van der Waals surface area contributed by atoms with Crippen LogP contribution in [0, 0.1) is 0 Å². The van der Waals surface area contributed by atoms with Crippen LogP contribution < -0.4 is 10.6 Å². The van der Waals surface area contributed by atoms with Gasteiger partial charge < -0.3 is 10.6 Å². The van der Waals surface area contributed by atoms with Crippen LogP contribution in [0.5, 0.6) is 0 Å². The summed E-state index contributed by atoms with van der Waals surface area (Å²) < 4.78 is 0. The van der Waals surface area contributed by atoms with Gasteiger partial charge in [0, 0.05) is 22.3 Å². The third-order valence-corrected chi connectivity index (χ3v) is 3.93. The molecule has 19 heavy (non-hydrogen) atoms. The zero-order valence-electron chi connectivity index (χ0n) is 10.2. The Morgan fingerprint density at radius 2 is 2.11 bits per heavy atom. The Kier molecular flexibility index (Phi) is 4.96. The van der Waals surface area contributed by atoms with Gasteiger partial charge in [0.2, 0.25) is 5.91 Å². The Hall–Kier alpha value is -0.910. The van der Waals surface area contributed by atoms with E-state index in [-0.39, 0.29) is 11.2 Å². The van der Waals surface area contributed by atoms with Crippen molar-refractivity contribution in [3.8, 4) is 0 Å². The summed E-state index contributed by atoms with van der Waals surface area (Å²) in [5, 5.41) is 7.45. The van der Waals surface area contributed by atoms with Crippen LogP contribution in [0.3, 0.4) is 0 Å². The van der Waals surface area contributed by atoms with Gasteiger partial charge in [-0.15, -0.1) is 0 Å². The van der Waals surface area contributed by atoms with Gasteiger partial charge in [-0.1, -0.05) is 35.0 Å². The molecule has 0 unspecified atom stereocenters. The number of rotatable bonds is 3. The number of halogens is 2. The van der Waals surface area contributed by atoms with Crippen molar-refractivity contribution in [2.45, 2.75) is 12.2 Å². The maximum absolute atomic E-state index is 12.0. The molecule has 0 saturated heterocycles. The SMILES string of the molecule is C[C@@H](SC1=NCCN1)C(=O)Nc1cc(Cl)cc(Cl)c1. The maximum Gasteiger partial charge on any atom is 0.237 e. The molecular weight excluding hydrogens is 305 g/mol. The molecule has 1 aliphatic heterocycles. The van der Waals surface area contributed by atoms with Crippen molar-refractivity contribution in [2.75, 3.05) is 18.4 Å². The Morgan fingerprint density at radius 1 is 1.42 bits per heavy atom. The fourth-order valence-corrected chi connectivity index (χ4v) is 2.92. The molecule has 102 valence electrons. The van der Waals surface area contributed by atoms with Gasteiger partial charge in [-0.25, -0.2) is 0 Å². The van der Waals surface area contributed by atoms with Crippen molar-refractivity contribution >= 4 is 51.7 Å². The van der Waals surface area contributed by atoms with Crippen LogP contribution in [0.2, 0.25) is 10.0 Å². The van der Waals surface area contributed by atoms with E-state index in [1.807, 2.05) is 6.92 Å². The predicted molar refractivity (Wildman–Crippen MR) is 82.4 cm³/mol. The van der Waals surface area contributed by atoms with Gasteiger partial charge in [-0.2, -0.15) is 0 Å². The standard InChI is InChI=1S/C12H13Cl2N3OS/c1-7(19-12-15-2-3-16-12)11(18)17-10-5-8(13)4-9(14)6-10/h4-7H,2-3H2,1H3,(H,15,16)(H,17,18)/t7-/m1/s1. The van der Waals surface area contributed by atoms with Crippen molar-refractivity contribution in [1.29, 1.82) is 0 Å². The van der Waals surface area contributed by atoms with Crippen molar-refractivity contribution in [1.82, 2.24) is 5.32 Å². The van der Waals surface area contributed by atoms with Crippen molar-refractivity contribution in [2.24, 2.45) is 4.99 Å². The number of hydrogen-bond donors (Lipinski definition) is 2. The molecule has 1 amide bonds. The average molecular weight is 318 g/mol. The fraction of sp³-hybridized carbons (Fsp3) is 0.333. The molecule has 2 rings (SSSR count). The summed E-state index contributed by atoms with van der Waals surface area (Å²) in [6, 6.07) is 4.94. The first-order chi connectivity index (χ1) is 9.04. The lowest BCUT2D eigenvalue weighted by Gasteiger charge is -2.12. The number of amides is 1. The van der Waals surface area contributed by atoms with E-state index in [1.54, 1.807) is 18.2 Å². The zero-order valence-corrected chi connectivity index (χ0v) is 12.6. The fourth-order valence-electron chi connectivity index (χ4n) is 1.55. The highest BCUT2D eigenvalue weighted by Gasteiger charge is 2.18. The lowest BCUT2D eigenvalue weighted by atomic mass is 10.3. The van der Waals surface area contributed by atoms with Crippen LogP contribution in [0.15, 0.2) is 23.2 Å². The zero-order chi connectivity index (χ0) is 13.8. The van der Waals surface area contributed by atoms with Gasteiger partial charge in [0.15, 0.2) is 5.17 Å². The van der Waals surface area contributed by atoms with E-state index in [0.29, 0.717) is 15.7 Å². The van der Waals surface area contributed by atoms with E-state index in [4.69, 9.17) is 23.2 Å². The molecule has 0 fully saturated rings. The van der Waals surface area contributed by atoms with E-state index >= 15 is 0 Å². The van der Waals surface area contributed by atoms with Crippen LogP contribution in [-0.2, 0) is 4.79 Å². The number of carbonyl (C=O) groups excluding carboxylic acids is 1. The molecule has 2 N–H and O–H groups in total. The topological polar surface area (TPSA) is 53.5 Å². The highest BCUT2D eigenvalue weighted by Crippen LogP contribution is 2.23. The summed E-state index contributed by atoms with van der Waals surface area (Å²) in [5.74, 6) is -0.111. The molecule has 0 aromatic heterocycles. The maximum atomic E-state index is 12.0. The second-order valence-corrected chi connectivity index (χ2v) is 6.22. The largest absolute Gasteiger partial charge is 0.363 e. The number of aliphatic imine (C=N–C) groups is 1. The minimum Gasteiger partial charge on any atom is -0.363 e. The lowest BCUT2D eigenvalue weighted by molar-refractivity contribution is -0.115. The normalized spacial score (nSPS) is 15.6. The number of amidine groups is 1. The predicted octanol–water partition coefficient (Wildman–Crippen LogP) is 3.01. The van der Waals surface area contributed by atoms with Crippen LogP contribution in [-0.4, -0.2) is 29.4 Å². The molecule has 1 atom stereocenters. The van der Waals surface area contributed by atoms with E-state index in [0.717, 1.165) is 18.3 Å². The molecule has 0 aliphatic carbocycles. The molecule has 1 aromatic rings. The van der Waals surface area contributed by atoms with E-state index < -0.39 is 0 Å². The number of nitrogens with one attached hydrogen (secondary N) is 2. The van der Waals surface area contributed by atoms with Crippen LogP contribution in [0.4, 0.5) is 5.69 Å². The highest BCUT2D eigenvalue weighted by atomic mass is 35.5. The van der Waals surface area contributed by atoms with Gasteiger partial charge in [0.1, 0.15) is 0 Å². The minimum absolute atomic E-state index is 0.111. The number of benzene rings is 1.